The standard InChI is InChI=1S/C6H3NO7S/c8-4-1-3(7(9)10)2-5-6(4)14-15(11,12)13-5/h1-2,8H. The van der Waals surface area contributed by atoms with Crippen molar-refractivity contribution < 1.29 is 26.8 Å². The maximum Gasteiger partial charge on any atom is 0.501 e. The van der Waals surface area contributed by atoms with E-state index in [4.69, 9.17) is 0 Å². The molecule has 0 aliphatic carbocycles. The molecule has 2 rings (SSSR count). The van der Waals surface area contributed by atoms with Crippen LogP contribution in [0.1, 0.15) is 0 Å². The lowest BCUT2D eigenvalue weighted by Crippen LogP contribution is -2.08. The van der Waals surface area contributed by atoms with Gasteiger partial charge in [0.2, 0.25) is 11.5 Å². The summed E-state index contributed by atoms with van der Waals surface area (Å²) < 4.78 is 30.1. The van der Waals surface area contributed by atoms with Crippen LogP contribution in [0.2, 0.25) is 0 Å². The molecule has 0 spiro atoms. The van der Waals surface area contributed by atoms with Crippen LogP contribution in [-0.2, 0) is 10.4 Å². The first-order valence-corrected chi connectivity index (χ1v) is 4.88. The molecule has 8 nitrogen and oxygen atoms in total. The highest BCUT2D eigenvalue weighted by atomic mass is 32.3. The van der Waals surface area contributed by atoms with Gasteiger partial charge in [-0.15, -0.1) is 8.42 Å². The zero-order chi connectivity index (χ0) is 11.2. The highest BCUT2D eigenvalue weighted by molar-refractivity contribution is 7.82. The molecule has 0 unspecified atom stereocenters. The first kappa shape index (κ1) is 9.52. The Labute approximate surface area is 83.1 Å². The zero-order valence-electron chi connectivity index (χ0n) is 6.91. The average Bonchev–Trinajstić information content (AvgIpc) is 2.39. The number of nitrogens with zero attached hydrogens (tertiary/aromatic N) is 1. The molecule has 0 amide bonds. The molecule has 1 aromatic carbocycles. The molecule has 0 saturated heterocycles. The molecule has 0 atom stereocenters. The van der Waals surface area contributed by atoms with Crippen molar-refractivity contribution >= 4 is 16.1 Å². The Bertz CT molecular complexity index is 549. The number of hydrogen-bond donors (Lipinski definition) is 1. The minimum absolute atomic E-state index is 0.401. The van der Waals surface area contributed by atoms with E-state index in [2.05, 4.69) is 8.37 Å². The number of aromatic hydroxyl groups is 1. The Morgan fingerprint density at radius 3 is 2.60 bits per heavy atom. The first-order chi connectivity index (χ1) is 6.89. The van der Waals surface area contributed by atoms with E-state index >= 15 is 0 Å². The van der Waals surface area contributed by atoms with E-state index < -0.39 is 38.3 Å². The Balaban J connectivity index is 2.61. The third-order valence-corrected chi connectivity index (χ3v) is 2.36. The van der Waals surface area contributed by atoms with Crippen molar-refractivity contribution in [1.29, 1.82) is 0 Å². The summed E-state index contributed by atoms with van der Waals surface area (Å²) >= 11 is 0. The van der Waals surface area contributed by atoms with Crippen LogP contribution < -0.4 is 8.37 Å². The van der Waals surface area contributed by atoms with Crippen molar-refractivity contribution in [3.05, 3.63) is 22.2 Å². The second kappa shape index (κ2) is 2.73. The monoisotopic (exact) mass is 233 g/mol. The van der Waals surface area contributed by atoms with E-state index in [9.17, 15) is 23.6 Å². The van der Waals surface area contributed by atoms with Crippen molar-refractivity contribution in [3.63, 3.8) is 0 Å². The van der Waals surface area contributed by atoms with E-state index in [-0.39, 0.29) is 0 Å². The summed E-state index contributed by atoms with van der Waals surface area (Å²) in [5, 5.41) is 19.6. The maximum atomic E-state index is 10.8. The van der Waals surface area contributed by atoms with Gasteiger partial charge in [-0.1, -0.05) is 0 Å². The first-order valence-electron chi connectivity index (χ1n) is 3.54. The summed E-state index contributed by atoms with van der Waals surface area (Å²) in [5.41, 5.74) is -0.494. The summed E-state index contributed by atoms with van der Waals surface area (Å²) in [6.45, 7) is 0. The van der Waals surface area contributed by atoms with Gasteiger partial charge in [-0.05, 0) is 0 Å². The third kappa shape index (κ3) is 1.52. The van der Waals surface area contributed by atoms with Gasteiger partial charge >= 0.3 is 10.4 Å². The van der Waals surface area contributed by atoms with Gasteiger partial charge in [0.1, 0.15) is 0 Å². The fourth-order valence-electron chi connectivity index (χ4n) is 1.05. The highest BCUT2D eigenvalue weighted by Gasteiger charge is 2.33. The van der Waals surface area contributed by atoms with Crippen LogP contribution in [-0.4, -0.2) is 18.4 Å². The topological polar surface area (TPSA) is 116 Å². The fourth-order valence-corrected chi connectivity index (χ4v) is 1.80. The largest absolute Gasteiger partial charge is 0.504 e. The minimum atomic E-state index is -4.25. The second-order valence-electron chi connectivity index (χ2n) is 2.62. The van der Waals surface area contributed by atoms with Crippen molar-refractivity contribution in [2.75, 3.05) is 0 Å². The van der Waals surface area contributed by atoms with Gasteiger partial charge in [0.05, 0.1) is 17.1 Å². The predicted octanol–water partition coefficient (Wildman–Crippen LogP) is 0.316. The molecule has 0 fully saturated rings. The summed E-state index contributed by atoms with van der Waals surface area (Å²) in [4.78, 5) is 9.57. The molecule has 1 heterocycles. The van der Waals surface area contributed by atoms with Gasteiger partial charge < -0.3 is 13.5 Å². The average molecular weight is 233 g/mol. The van der Waals surface area contributed by atoms with Gasteiger partial charge in [0.15, 0.2) is 5.75 Å². The second-order valence-corrected chi connectivity index (χ2v) is 3.77. The number of phenols is 1. The number of nitro benzene ring substituents is 1. The van der Waals surface area contributed by atoms with E-state index in [1.807, 2.05) is 0 Å². The molecule has 0 aromatic heterocycles. The molecular formula is C6H3NO7S. The van der Waals surface area contributed by atoms with Crippen LogP contribution >= 0.6 is 0 Å². The van der Waals surface area contributed by atoms with Crippen LogP contribution in [0.3, 0.4) is 0 Å². The lowest BCUT2D eigenvalue weighted by Gasteiger charge is -1.96. The molecule has 1 aliphatic rings. The number of non-ortho nitro benzene ring substituents is 1. The molecule has 9 heteroatoms. The maximum absolute atomic E-state index is 10.8. The van der Waals surface area contributed by atoms with Gasteiger partial charge in [0, 0.05) is 0 Å². The van der Waals surface area contributed by atoms with E-state index in [1.54, 1.807) is 0 Å². The number of benzene rings is 1. The number of phenolic OH excluding ortho intramolecular Hbond substituents is 1. The molecule has 1 aromatic rings. The summed E-state index contributed by atoms with van der Waals surface area (Å²) in [6.07, 6.45) is 0. The van der Waals surface area contributed by atoms with Crippen LogP contribution in [0.15, 0.2) is 12.1 Å². The Morgan fingerprint density at radius 2 is 2.00 bits per heavy atom. The Hall–Kier alpha value is -2.03. The van der Waals surface area contributed by atoms with Gasteiger partial charge in [-0.2, -0.15) is 0 Å². The predicted molar refractivity (Wildman–Crippen MR) is 44.9 cm³/mol. The van der Waals surface area contributed by atoms with Crippen molar-refractivity contribution in [1.82, 2.24) is 0 Å². The van der Waals surface area contributed by atoms with Crippen LogP contribution in [0.25, 0.3) is 0 Å². The Morgan fingerprint density at radius 1 is 1.33 bits per heavy atom. The highest BCUT2D eigenvalue weighted by Crippen LogP contribution is 2.45. The lowest BCUT2D eigenvalue weighted by molar-refractivity contribution is -0.385. The molecule has 1 N–H and O–H groups in total. The molecule has 1 aliphatic heterocycles. The van der Waals surface area contributed by atoms with E-state index in [1.165, 1.54) is 0 Å². The summed E-state index contributed by atoms with van der Waals surface area (Å²) in [5.74, 6) is -1.51. The summed E-state index contributed by atoms with van der Waals surface area (Å²) in [6, 6.07) is 1.61. The molecular weight excluding hydrogens is 230 g/mol. The quantitative estimate of drug-likeness (QED) is 0.548. The molecule has 15 heavy (non-hydrogen) atoms. The Kier molecular flexibility index (Phi) is 1.73. The molecule has 0 bridgehead atoms. The lowest BCUT2D eigenvalue weighted by atomic mass is 10.2. The number of hydrogen-bond acceptors (Lipinski definition) is 7. The number of fused-ring (bicyclic) bond motifs is 1. The van der Waals surface area contributed by atoms with Gasteiger partial charge in [0.25, 0.3) is 5.69 Å². The number of rotatable bonds is 1. The molecule has 0 saturated carbocycles. The smallest absolute Gasteiger partial charge is 0.501 e. The normalized spacial score (nSPS) is 16.3. The zero-order valence-corrected chi connectivity index (χ0v) is 7.72. The van der Waals surface area contributed by atoms with Gasteiger partial charge in [-0.3, -0.25) is 10.1 Å². The summed E-state index contributed by atoms with van der Waals surface area (Å²) in [7, 11) is -4.25. The van der Waals surface area contributed by atoms with Crippen molar-refractivity contribution in [2.45, 2.75) is 0 Å². The fraction of sp³-hybridized carbons (Fsp3) is 0. The minimum Gasteiger partial charge on any atom is -0.504 e. The number of nitro groups is 1. The van der Waals surface area contributed by atoms with Gasteiger partial charge in [-0.25, -0.2) is 0 Å². The van der Waals surface area contributed by atoms with Crippen LogP contribution in [0.5, 0.6) is 17.2 Å². The van der Waals surface area contributed by atoms with Crippen molar-refractivity contribution in [2.24, 2.45) is 0 Å². The molecule has 0 radical (unpaired) electrons. The van der Waals surface area contributed by atoms with Crippen LogP contribution in [0.4, 0.5) is 5.69 Å². The SMILES string of the molecule is O=[N+]([O-])c1cc(O)c2c(c1)OS(=O)(=O)O2. The van der Waals surface area contributed by atoms with Crippen LogP contribution in [0, 0.1) is 10.1 Å². The third-order valence-electron chi connectivity index (χ3n) is 1.61. The molecule has 80 valence electrons. The van der Waals surface area contributed by atoms with Crippen molar-refractivity contribution in [3.8, 4) is 17.2 Å². The van der Waals surface area contributed by atoms with E-state index in [0.29, 0.717) is 0 Å². The van der Waals surface area contributed by atoms with E-state index in [0.717, 1.165) is 12.1 Å².